The highest BCUT2D eigenvalue weighted by Gasteiger charge is 2.31. The summed E-state index contributed by atoms with van der Waals surface area (Å²) in [6.07, 6.45) is 4.33. The average Bonchev–Trinajstić information content (AvgIpc) is 2.97. The molecule has 1 fully saturated rings. The molecule has 5 heteroatoms. The number of rotatable bonds is 6. The lowest BCUT2D eigenvalue weighted by Crippen LogP contribution is -2.42. The van der Waals surface area contributed by atoms with E-state index in [1.807, 2.05) is 6.92 Å². The van der Waals surface area contributed by atoms with E-state index in [1.54, 1.807) is 4.90 Å². The van der Waals surface area contributed by atoms with Crippen molar-refractivity contribution in [3.05, 3.63) is 0 Å². The van der Waals surface area contributed by atoms with E-state index in [1.165, 1.54) is 19.8 Å². The normalized spacial score (nSPS) is 18.2. The van der Waals surface area contributed by atoms with Gasteiger partial charge >= 0.3 is 0 Å². The van der Waals surface area contributed by atoms with Gasteiger partial charge in [0.05, 0.1) is 0 Å². The van der Waals surface area contributed by atoms with Gasteiger partial charge in [-0.1, -0.05) is 6.92 Å². The Kier molecular flexibility index (Phi) is 4.35. The van der Waals surface area contributed by atoms with Crippen molar-refractivity contribution >= 4 is 15.7 Å². The topological polar surface area (TPSA) is 54.5 Å². The first-order valence-corrected chi connectivity index (χ1v) is 7.79. The number of nitrogens with zero attached hydrogens (tertiary/aromatic N) is 1. The van der Waals surface area contributed by atoms with Gasteiger partial charge in [0.25, 0.3) is 0 Å². The molecule has 1 saturated carbocycles. The minimum absolute atomic E-state index is 0.240. The van der Waals surface area contributed by atoms with Crippen LogP contribution in [0.25, 0.3) is 0 Å². The number of sulfone groups is 1. The van der Waals surface area contributed by atoms with Crippen LogP contribution in [0.3, 0.4) is 0 Å². The van der Waals surface area contributed by atoms with Crippen LogP contribution < -0.4 is 0 Å². The van der Waals surface area contributed by atoms with Crippen LogP contribution in [0.4, 0.5) is 0 Å². The first-order chi connectivity index (χ1) is 7.36. The third-order valence-electron chi connectivity index (χ3n) is 2.97. The van der Waals surface area contributed by atoms with Crippen LogP contribution in [0, 0.1) is 5.92 Å². The zero-order valence-electron chi connectivity index (χ0n) is 10.3. The van der Waals surface area contributed by atoms with Gasteiger partial charge in [0, 0.05) is 19.3 Å². The highest BCUT2D eigenvalue weighted by Crippen LogP contribution is 2.30. The number of hydrogen-bond acceptors (Lipinski definition) is 3. The molecule has 0 N–H and O–H groups in total. The van der Waals surface area contributed by atoms with Crippen molar-refractivity contribution in [1.29, 1.82) is 0 Å². The number of amides is 1. The molecular weight excluding hydrogens is 226 g/mol. The van der Waals surface area contributed by atoms with Crippen LogP contribution in [0.15, 0.2) is 0 Å². The third kappa shape index (κ3) is 3.77. The van der Waals surface area contributed by atoms with E-state index in [9.17, 15) is 13.2 Å². The van der Waals surface area contributed by atoms with Crippen LogP contribution in [0.5, 0.6) is 0 Å². The van der Waals surface area contributed by atoms with Crippen LogP contribution in [-0.2, 0) is 14.6 Å². The Hall–Kier alpha value is -0.580. The van der Waals surface area contributed by atoms with Crippen LogP contribution >= 0.6 is 0 Å². The summed E-state index contributed by atoms with van der Waals surface area (Å²) < 4.78 is 22.7. The Bertz CT molecular complexity index is 346. The molecule has 0 bridgehead atoms. The Balaban J connectivity index is 2.65. The minimum atomic E-state index is -3.27. The van der Waals surface area contributed by atoms with Gasteiger partial charge < -0.3 is 4.90 Å². The van der Waals surface area contributed by atoms with Crippen molar-refractivity contribution in [3.63, 3.8) is 0 Å². The summed E-state index contributed by atoms with van der Waals surface area (Å²) in [7, 11) is -3.27. The van der Waals surface area contributed by atoms with Crippen molar-refractivity contribution < 1.29 is 13.2 Å². The Morgan fingerprint density at radius 3 is 2.38 bits per heavy atom. The zero-order chi connectivity index (χ0) is 12.3. The van der Waals surface area contributed by atoms with E-state index >= 15 is 0 Å². The maximum absolute atomic E-state index is 12.0. The molecule has 0 radical (unpaired) electrons. The van der Waals surface area contributed by atoms with Crippen molar-refractivity contribution in [2.45, 2.75) is 38.4 Å². The molecule has 0 aromatic carbocycles. The highest BCUT2D eigenvalue weighted by molar-refractivity contribution is 7.92. The second-order valence-corrected chi connectivity index (χ2v) is 7.07. The van der Waals surface area contributed by atoms with Gasteiger partial charge in [0.1, 0.15) is 5.25 Å². The number of carbonyl (C=O) groups excluding carboxylic acids is 1. The Labute approximate surface area is 97.9 Å². The predicted octanol–water partition coefficient (Wildman–Crippen LogP) is 1.07. The summed E-state index contributed by atoms with van der Waals surface area (Å²) in [5.41, 5.74) is 0. The second-order valence-electron chi connectivity index (χ2n) is 4.70. The number of hydrogen-bond donors (Lipinski definition) is 0. The fourth-order valence-corrected chi connectivity index (χ4v) is 2.13. The van der Waals surface area contributed by atoms with E-state index in [-0.39, 0.29) is 5.91 Å². The van der Waals surface area contributed by atoms with Gasteiger partial charge in [-0.05, 0) is 32.1 Å². The largest absolute Gasteiger partial charge is 0.341 e. The number of carbonyl (C=O) groups is 1. The summed E-state index contributed by atoms with van der Waals surface area (Å²) in [6, 6.07) is 0. The Morgan fingerprint density at radius 2 is 2.00 bits per heavy atom. The molecule has 1 aliphatic carbocycles. The third-order valence-corrected chi connectivity index (χ3v) is 4.46. The fourth-order valence-electron chi connectivity index (χ4n) is 1.61. The molecular formula is C11H21NO3S. The maximum Gasteiger partial charge on any atom is 0.240 e. The quantitative estimate of drug-likeness (QED) is 0.705. The van der Waals surface area contributed by atoms with Crippen molar-refractivity contribution in [1.82, 2.24) is 4.90 Å². The summed E-state index contributed by atoms with van der Waals surface area (Å²) >= 11 is 0. The lowest BCUT2D eigenvalue weighted by Gasteiger charge is -2.24. The van der Waals surface area contributed by atoms with Gasteiger partial charge in [-0.25, -0.2) is 8.42 Å². The molecule has 0 aromatic rings. The zero-order valence-corrected chi connectivity index (χ0v) is 11.1. The molecule has 1 atom stereocenters. The molecule has 4 nitrogen and oxygen atoms in total. The second kappa shape index (κ2) is 5.17. The monoisotopic (exact) mass is 247 g/mol. The van der Waals surface area contributed by atoms with Gasteiger partial charge in [0.2, 0.25) is 5.91 Å². The molecule has 94 valence electrons. The summed E-state index contributed by atoms with van der Waals surface area (Å²) in [5.74, 6) is 0.360. The van der Waals surface area contributed by atoms with Crippen molar-refractivity contribution in [3.8, 4) is 0 Å². The van der Waals surface area contributed by atoms with Gasteiger partial charge in [-0.3, -0.25) is 4.79 Å². The van der Waals surface area contributed by atoms with E-state index in [0.717, 1.165) is 19.2 Å². The highest BCUT2D eigenvalue weighted by atomic mass is 32.2. The van der Waals surface area contributed by atoms with Gasteiger partial charge in [-0.2, -0.15) is 0 Å². The molecule has 1 unspecified atom stereocenters. The summed E-state index contributed by atoms with van der Waals surface area (Å²) in [6.45, 7) is 4.87. The average molecular weight is 247 g/mol. The van der Waals surface area contributed by atoms with Gasteiger partial charge in [-0.15, -0.1) is 0 Å². The molecule has 0 aromatic heterocycles. The molecule has 0 aliphatic heterocycles. The molecule has 1 amide bonds. The fraction of sp³-hybridized carbons (Fsp3) is 0.909. The van der Waals surface area contributed by atoms with Crippen LogP contribution in [0.1, 0.15) is 33.1 Å². The Morgan fingerprint density at radius 1 is 1.44 bits per heavy atom. The summed E-state index contributed by atoms with van der Waals surface area (Å²) in [4.78, 5) is 13.7. The van der Waals surface area contributed by atoms with E-state index in [4.69, 9.17) is 0 Å². The maximum atomic E-state index is 12.0. The van der Waals surface area contributed by atoms with Crippen molar-refractivity contribution in [2.24, 2.45) is 5.92 Å². The molecule has 0 spiro atoms. The molecule has 0 heterocycles. The first-order valence-electron chi connectivity index (χ1n) is 5.84. The lowest BCUT2D eigenvalue weighted by molar-refractivity contribution is -0.130. The smallest absolute Gasteiger partial charge is 0.240 e. The lowest BCUT2D eigenvalue weighted by atomic mass is 10.3. The van der Waals surface area contributed by atoms with Crippen LogP contribution in [0.2, 0.25) is 0 Å². The molecule has 1 rings (SSSR count). The molecule has 16 heavy (non-hydrogen) atoms. The van der Waals surface area contributed by atoms with Gasteiger partial charge in [0.15, 0.2) is 9.84 Å². The van der Waals surface area contributed by atoms with Crippen molar-refractivity contribution in [2.75, 3.05) is 19.3 Å². The predicted molar refractivity (Wildman–Crippen MR) is 63.9 cm³/mol. The van der Waals surface area contributed by atoms with E-state index in [2.05, 4.69) is 0 Å². The van der Waals surface area contributed by atoms with E-state index in [0.29, 0.717) is 12.5 Å². The van der Waals surface area contributed by atoms with Crippen LogP contribution in [-0.4, -0.2) is 43.8 Å². The minimum Gasteiger partial charge on any atom is -0.341 e. The first kappa shape index (κ1) is 13.5. The standard InChI is InChI=1S/C11H21NO3S/c1-4-7-12(8-10-5-6-10)11(13)9(2)16(3,14)15/h9-10H,4-8H2,1-3H3. The summed E-state index contributed by atoms with van der Waals surface area (Å²) in [5, 5.41) is -0.905. The SMILES string of the molecule is CCCN(CC1CC1)C(=O)C(C)S(C)(=O)=O. The van der Waals surface area contributed by atoms with E-state index < -0.39 is 15.1 Å². The molecule has 1 aliphatic rings. The molecule has 0 saturated heterocycles.